The number of rotatable bonds is 6. The monoisotopic (exact) mass is 274 g/mol. The summed E-state index contributed by atoms with van der Waals surface area (Å²) in [4.78, 5) is 0. The minimum absolute atomic E-state index is 0.0299. The zero-order valence-electron chi connectivity index (χ0n) is 10.7. The summed E-state index contributed by atoms with van der Waals surface area (Å²) >= 11 is 5.67. The van der Waals surface area contributed by atoms with Gasteiger partial charge in [-0.05, 0) is 17.5 Å². The number of benzene rings is 1. The first-order valence-corrected chi connectivity index (χ1v) is 6.68. The van der Waals surface area contributed by atoms with E-state index >= 15 is 0 Å². The van der Waals surface area contributed by atoms with Crippen molar-refractivity contribution in [3.8, 4) is 0 Å². The third-order valence-electron chi connectivity index (χ3n) is 3.39. The molecule has 1 rings (SSSR count). The highest BCUT2D eigenvalue weighted by molar-refractivity contribution is 6.30. The average Bonchev–Trinajstić information content (AvgIpc) is 2.36. The number of aliphatic hydroxyl groups excluding tert-OH is 2. The van der Waals surface area contributed by atoms with Crippen LogP contribution in [0.1, 0.15) is 32.3 Å². The van der Waals surface area contributed by atoms with E-state index in [1.807, 2.05) is 13.8 Å². The summed E-state index contributed by atoms with van der Waals surface area (Å²) in [5, 5.41) is 20.0. The van der Waals surface area contributed by atoms with Gasteiger partial charge in [-0.15, -0.1) is 0 Å². The molecule has 4 heteroatoms. The van der Waals surface area contributed by atoms with Crippen LogP contribution in [0, 0.1) is 11.7 Å². The molecule has 2 atom stereocenters. The fraction of sp³-hybridized carbons (Fsp3) is 0.571. The molecular formula is C14H20ClFO2. The Morgan fingerprint density at radius 3 is 2.39 bits per heavy atom. The molecule has 0 heterocycles. The van der Waals surface area contributed by atoms with Crippen molar-refractivity contribution in [3.63, 3.8) is 0 Å². The van der Waals surface area contributed by atoms with E-state index in [4.69, 9.17) is 11.6 Å². The molecule has 0 radical (unpaired) electrons. The average molecular weight is 275 g/mol. The summed E-state index contributed by atoms with van der Waals surface area (Å²) in [7, 11) is 0. The van der Waals surface area contributed by atoms with Gasteiger partial charge in [0.05, 0.1) is 17.2 Å². The van der Waals surface area contributed by atoms with Crippen LogP contribution in [-0.4, -0.2) is 22.4 Å². The lowest BCUT2D eigenvalue weighted by Gasteiger charge is -2.25. The molecule has 18 heavy (non-hydrogen) atoms. The number of halogens is 2. The summed E-state index contributed by atoms with van der Waals surface area (Å²) in [5.41, 5.74) is 0.333. The van der Waals surface area contributed by atoms with Gasteiger partial charge in [-0.3, -0.25) is 0 Å². The van der Waals surface area contributed by atoms with Crippen molar-refractivity contribution < 1.29 is 14.6 Å². The van der Waals surface area contributed by atoms with Gasteiger partial charge >= 0.3 is 0 Å². The minimum Gasteiger partial charge on any atom is -0.390 e. The highest BCUT2D eigenvalue weighted by Crippen LogP contribution is 2.22. The zero-order valence-corrected chi connectivity index (χ0v) is 11.5. The molecule has 0 amide bonds. The Labute approximate surface area is 112 Å². The molecule has 0 aliphatic carbocycles. The second kappa shape index (κ2) is 7.07. The maximum absolute atomic E-state index is 13.7. The zero-order chi connectivity index (χ0) is 13.7. The molecule has 2 N–H and O–H groups in total. The van der Waals surface area contributed by atoms with E-state index in [9.17, 15) is 14.6 Å². The van der Waals surface area contributed by atoms with Gasteiger partial charge in [0.25, 0.3) is 0 Å². The molecule has 1 aromatic rings. The van der Waals surface area contributed by atoms with E-state index in [1.54, 1.807) is 12.1 Å². The lowest BCUT2D eigenvalue weighted by Crippen LogP contribution is -2.34. The lowest BCUT2D eigenvalue weighted by atomic mass is 9.90. The summed E-state index contributed by atoms with van der Waals surface area (Å²) in [6.45, 7) is 3.92. The van der Waals surface area contributed by atoms with Crippen molar-refractivity contribution in [1.82, 2.24) is 0 Å². The van der Waals surface area contributed by atoms with Crippen molar-refractivity contribution in [1.29, 1.82) is 0 Å². The van der Waals surface area contributed by atoms with Crippen LogP contribution in [0.5, 0.6) is 0 Å². The summed E-state index contributed by atoms with van der Waals surface area (Å²) in [5.74, 6) is -0.489. The summed E-state index contributed by atoms with van der Waals surface area (Å²) in [6, 6.07) is 4.67. The maximum atomic E-state index is 13.7. The van der Waals surface area contributed by atoms with Crippen LogP contribution in [0.4, 0.5) is 4.39 Å². The van der Waals surface area contributed by atoms with Gasteiger partial charge in [0.1, 0.15) is 5.82 Å². The smallest absolute Gasteiger partial charge is 0.145 e. The molecule has 0 fully saturated rings. The lowest BCUT2D eigenvalue weighted by molar-refractivity contribution is -0.0191. The van der Waals surface area contributed by atoms with Crippen molar-refractivity contribution in [2.75, 3.05) is 0 Å². The van der Waals surface area contributed by atoms with Crippen molar-refractivity contribution in [2.24, 2.45) is 5.92 Å². The van der Waals surface area contributed by atoms with E-state index in [0.717, 1.165) is 12.8 Å². The maximum Gasteiger partial charge on any atom is 0.145 e. The molecule has 2 nitrogen and oxygen atoms in total. The Hall–Kier alpha value is -0.640. The molecule has 2 unspecified atom stereocenters. The van der Waals surface area contributed by atoms with E-state index in [0.29, 0.717) is 5.56 Å². The molecule has 0 saturated carbocycles. The molecule has 0 bridgehead atoms. The topological polar surface area (TPSA) is 40.5 Å². The molecule has 0 aliphatic rings. The largest absolute Gasteiger partial charge is 0.390 e. The normalized spacial score (nSPS) is 14.8. The molecular weight excluding hydrogens is 255 g/mol. The summed E-state index contributed by atoms with van der Waals surface area (Å²) < 4.78 is 13.7. The van der Waals surface area contributed by atoms with Crippen LogP contribution in [0.15, 0.2) is 18.2 Å². The first-order valence-electron chi connectivity index (χ1n) is 6.30. The van der Waals surface area contributed by atoms with Crippen LogP contribution in [0.3, 0.4) is 0 Å². The Morgan fingerprint density at radius 1 is 1.22 bits per heavy atom. The van der Waals surface area contributed by atoms with Crippen LogP contribution in [-0.2, 0) is 6.42 Å². The van der Waals surface area contributed by atoms with E-state index in [1.165, 1.54) is 6.07 Å². The number of hydrogen-bond acceptors (Lipinski definition) is 2. The molecule has 102 valence electrons. The molecule has 0 saturated heterocycles. The highest BCUT2D eigenvalue weighted by atomic mass is 35.5. The first-order chi connectivity index (χ1) is 8.51. The van der Waals surface area contributed by atoms with Crippen LogP contribution >= 0.6 is 11.6 Å². The van der Waals surface area contributed by atoms with Gasteiger partial charge in [0.2, 0.25) is 0 Å². The Kier molecular flexibility index (Phi) is 6.06. The van der Waals surface area contributed by atoms with E-state index in [2.05, 4.69) is 0 Å². The van der Waals surface area contributed by atoms with Gasteiger partial charge in [-0.25, -0.2) is 4.39 Å². The summed E-state index contributed by atoms with van der Waals surface area (Å²) in [6.07, 6.45) is -0.162. The predicted molar refractivity (Wildman–Crippen MR) is 71.2 cm³/mol. The predicted octanol–water partition coefficient (Wildman–Crippen LogP) is 3.18. The van der Waals surface area contributed by atoms with Gasteiger partial charge in [-0.2, -0.15) is 0 Å². The van der Waals surface area contributed by atoms with Crippen LogP contribution < -0.4 is 0 Å². The van der Waals surface area contributed by atoms with Crippen molar-refractivity contribution >= 4 is 11.6 Å². The quantitative estimate of drug-likeness (QED) is 0.836. The number of aliphatic hydroxyl groups is 2. The van der Waals surface area contributed by atoms with Crippen molar-refractivity contribution in [3.05, 3.63) is 34.6 Å². The van der Waals surface area contributed by atoms with Gasteiger partial charge in [0.15, 0.2) is 0 Å². The first kappa shape index (κ1) is 15.4. The SMILES string of the molecule is CCC(CC)C(O)C(O)Cc1cccc(Cl)c1F. The second-order valence-corrected chi connectivity index (χ2v) is 4.96. The molecule has 1 aromatic carbocycles. The molecule has 0 aromatic heterocycles. The second-order valence-electron chi connectivity index (χ2n) is 4.55. The van der Waals surface area contributed by atoms with Crippen LogP contribution in [0.25, 0.3) is 0 Å². The highest BCUT2D eigenvalue weighted by Gasteiger charge is 2.25. The fourth-order valence-corrected chi connectivity index (χ4v) is 2.33. The van der Waals surface area contributed by atoms with Crippen molar-refractivity contribution in [2.45, 2.75) is 45.3 Å². The van der Waals surface area contributed by atoms with Gasteiger partial charge in [-0.1, -0.05) is 50.4 Å². The van der Waals surface area contributed by atoms with E-state index in [-0.39, 0.29) is 17.4 Å². The standard InChI is InChI=1S/C14H20ClFO2/c1-3-9(4-2)14(18)12(17)8-10-6-5-7-11(15)13(10)16/h5-7,9,12,14,17-18H,3-4,8H2,1-2H3. The third kappa shape index (κ3) is 3.67. The van der Waals surface area contributed by atoms with E-state index < -0.39 is 18.0 Å². The van der Waals surface area contributed by atoms with Gasteiger partial charge in [0, 0.05) is 6.42 Å². The molecule has 0 spiro atoms. The Balaban J connectivity index is 2.75. The number of hydrogen-bond donors (Lipinski definition) is 2. The van der Waals surface area contributed by atoms with Gasteiger partial charge < -0.3 is 10.2 Å². The molecule has 0 aliphatic heterocycles. The third-order valence-corrected chi connectivity index (χ3v) is 3.68. The fourth-order valence-electron chi connectivity index (χ4n) is 2.14. The Morgan fingerprint density at radius 2 is 1.83 bits per heavy atom. The Bertz CT molecular complexity index is 380. The minimum atomic E-state index is -0.970. The van der Waals surface area contributed by atoms with Crippen LogP contribution in [0.2, 0.25) is 5.02 Å².